The number of carbonyl (C=O) groups excluding carboxylic acids is 3. The van der Waals surface area contributed by atoms with E-state index in [4.69, 9.17) is 4.74 Å². The number of hydrogen-bond donors (Lipinski definition) is 4. The van der Waals surface area contributed by atoms with Gasteiger partial charge < -0.3 is 20.3 Å². The molecular weight excluding hydrogens is 552 g/mol. The van der Waals surface area contributed by atoms with Crippen molar-refractivity contribution in [2.75, 3.05) is 18.5 Å². The lowest BCUT2D eigenvalue weighted by atomic mass is 10.0. The van der Waals surface area contributed by atoms with Crippen LogP contribution in [0.25, 0.3) is 0 Å². The molecule has 0 heterocycles. The van der Waals surface area contributed by atoms with Crippen molar-refractivity contribution in [2.24, 2.45) is 0 Å². The lowest BCUT2D eigenvalue weighted by Gasteiger charge is -2.14. The second-order valence-corrected chi connectivity index (χ2v) is 8.24. The van der Waals surface area contributed by atoms with Gasteiger partial charge in [0.2, 0.25) is 5.91 Å². The second kappa shape index (κ2) is 11.7. The largest absolute Gasteiger partial charge is 0.506 e. The maximum Gasteiger partial charge on any atom is 0.338 e. The number of ether oxygens (including phenoxy) is 1. The first-order chi connectivity index (χ1) is 15.1. The first kappa shape index (κ1) is 25.5. The molecule has 0 aliphatic rings. The number of phenols is 1. The van der Waals surface area contributed by atoms with Crippen LogP contribution in [0.15, 0.2) is 45.3 Å². The summed E-state index contributed by atoms with van der Waals surface area (Å²) in [6, 6.07) is 7.49. The molecule has 1 unspecified atom stereocenters. The summed E-state index contributed by atoms with van der Waals surface area (Å²) < 4.78 is 5.44. The number of carboxylic acids is 1. The van der Waals surface area contributed by atoms with Crippen LogP contribution in [0.2, 0.25) is 0 Å². The normalized spacial score (nSPS) is 11.5. The molecule has 4 N–H and O–H groups in total. The highest BCUT2D eigenvalue weighted by Gasteiger charge is 2.23. The number of carboxylic acid groups (broad SMARTS) is 1. The number of aromatic hydroxyl groups is 1. The molecule has 1 amide bonds. The van der Waals surface area contributed by atoms with Gasteiger partial charge in [-0.3, -0.25) is 19.7 Å². The van der Waals surface area contributed by atoms with Crippen LogP contribution in [0.5, 0.6) is 5.75 Å². The first-order valence-corrected chi connectivity index (χ1v) is 10.9. The Morgan fingerprint density at radius 1 is 1.03 bits per heavy atom. The van der Waals surface area contributed by atoms with Crippen LogP contribution in [0.4, 0.5) is 5.69 Å². The SMILES string of the molecule is CCOC(=O)c1ccc(NC(=O)CNC(CC(=O)c2cc(Br)c(O)c(Br)c2)C(=O)O)cc1. The summed E-state index contributed by atoms with van der Waals surface area (Å²) in [5.74, 6) is -2.86. The third-order valence-corrected chi connectivity index (χ3v) is 5.42. The Balaban J connectivity index is 1.94. The van der Waals surface area contributed by atoms with Crippen molar-refractivity contribution in [3.05, 3.63) is 56.5 Å². The molecule has 1 atom stereocenters. The topological polar surface area (TPSA) is 142 Å². The fraction of sp³-hybridized carbons (Fsp3) is 0.238. The molecule has 0 bridgehead atoms. The lowest BCUT2D eigenvalue weighted by molar-refractivity contribution is -0.139. The van der Waals surface area contributed by atoms with Crippen LogP contribution in [0.1, 0.15) is 34.1 Å². The highest BCUT2D eigenvalue weighted by Crippen LogP contribution is 2.33. The first-order valence-electron chi connectivity index (χ1n) is 9.36. The minimum Gasteiger partial charge on any atom is -0.506 e. The fourth-order valence-electron chi connectivity index (χ4n) is 2.60. The molecule has 0 aromatic heterocycles. The molecule has 170 valence electrons. The molecule has 2 rings (SSSR count). The lowest BCUT2D eigenvalue weighted by Crippen LogP contribution is -2.42. The third kappa shape index (κ3) is 7.14. The number of benzene rings is 2. The number of anilines is 1. The Labute approximate surface area is 200 Å². The summed E-state index contributed by atoms with van der Waals surface area (Å²) >= 11 is 6.24. The number of esters is 1. The number of nitrogens with one attached hydrogen (secondary N) is 2. The zero-order valence-electron chi connectivity index (χ0n) is 16.9. The van der Waals surface area contributed by atoms with Crippen LogP contribution in [-0.4, -0.2) is 53.0 Å². The van der Waals surface area contributed by atoms with E-state index in [-0.39, 0.29) is 33.4 Å². The molecule has 0 saturated heterocycles. The minimum absolute atomic E-state index is 0.0820. The number of rotatable bonds is 10. The molecule has 32 heavy (non-hydrogen) atoms. The van der Waals surface area contributed by atoms with Crippen molar-refractivity contribution in [3.63, 3.8) is 0 Å². The second-order valence-electron chi connectivity index (χ2n) is 6.53. The molecule has 11 heteroatoms. The number of carbonyl (C=O) groups is 4. The molecule has 0 radical (unpaired) electrons. The summed E-state index contributed by atoms with van der Waals surface area (Å²) in [7, 11) is 0. The average Bonchev–Trinajstić information content (AvgIpc) is 2.74. The number of phenolic OH excluding ortho intramolecular Hbond substituents is 1. The van der Waals surface area contributed by atoms with Gasteiger partial charge in [-0.2, -0.15) is 0 Å². The molecule has 0 saturated carbocycles. The van der Waals surface area contributed by atoms with Crippen LogP contribution in [0, 0.1) is 0 Å². The van der Waals surface area contributed by atoms with Crippen molar-refractivity contribution >= 4 is 61.2 Å². The predicted molar refractivity (Wildman–Crippen MR) is 123 cm³/mol. The van der Waals surface area contributed by atoms with Crippen molar-refractivity contribution in [1.29, 1.82) is 0 Å². The zero-order chi connectivity index (χ0) is 23.8. The van der Waals surface area contributed by atoms with Gasteiger partial charge in [0.1, 0.15) is 11.8 Å². The van der Waals surface area contributed by atoms with Gasteiger partial charge >= 0.3 is 11.9 Å². The van der Waals surface area contributed by atoms with Gasteiger partial charge in [-0.15, -0.1) is 0 Å². The number of Topliss-reactive ketones (excluding diaryl/α,β-unsaturated/α-hetero) is 1. The molecule has 2 aromatic carbocycles. The van der Waals surface area contributed by atoms with Gasteiger partial charge in [-0.1, -0.05) is 0 Å². The van der Waals surface area contributed by atoms with Crippen LogP contribution >= 0.6 is 31.9 Å². The Morgan fingerprint density at radius 3 is 2.16 bits per heavy atom. The Hall–Kier alpha value is -2.76. The van der Waals surface area contributed by atoms with E-state index in [9.17, 15) is 29.4 Å². The Kier molecular flexibility index (Phi) is 9.36. The third-order valence-electron chi connectivity index (χ3n) is 4.22. The molecular formula is C21H20Br2N2O7. The highest BCUT2D eigenvalue weighted by atomic mass is 79.9. The minimum atomic E-state index is -1.30. The summed E-state index contributed by atoms with van der Waals surface area (Å²) in [6.07, 6.45) is -0.402. The quantitative estimate of drug-likeness (QED) is 0.251. The number of amides is 1. The number of hydrogen-bond acceptors (Lipinski definition) is 7. The smallest absolute Gasteiger partial charge is 0.338 e. The fourth-order valence-corrected chi connectivity index (χ4v) is 3.79. The number of aliphatic carboxylic acids is 1. The summed E-state index contributed by atoms with van der Waals surface area (Å²) in [5, 5.41) is 24.3. The van der Waals surface area contributed by atoms with Crippen molar-refractivity contribution in [2.45, 2.75) is 19.4 Å². The van der Waals surface area contributed by atoms with Crippen LogP contribution < -0.4 is 10.6 Å². The van der Waals surface area contributed by atoms with Gasteiger partial charge in [-0.05, 0) is 75.2 Å². The molecule has 0 aliphatic heterocycles. The van der Waals surface area contributed by atoms with E-state index in [1.54, 1.807) is 6.92 Å². The van der Waals surface area contributed by atoms with Gasteiger partial charge in [0, 0.05) is 17.7 Å². The molecule has 0 spiro atoms. The monoisotopic (exact) mass is 570 g/mol. The van der Waals surface area contributed by atoms with Crippen molar-refractivity contribution < 1.29 is 34.1 Å². The van der Waals surface area contributed by atoms with Crippen molar-refractivity contribution in [1.82, 2.24) is 5.32 Å². The predicted octanol–water partition coefficient (Wildman–Crippen LogP) is 3.35. The van der Waals surface area contributed by atoms with E-state index >= 15 is 0 Å². The standard InChI is InChI=1S/C21H20Br2N2O7/c1-2-32-21(31)11-3-5-13(6-4-11)25-18(27)10-24-16(20(29)30)9-17(26)12-7-14(22)19(28)15(23)8-12/h3-8,16,24,28H,2,9-10H2,1H3,(H,25,27)(H,29,30). The van der Waals surface area contributed by atoms with Gasteiger partial charge in [0.25, 0.3) is 0 Å². The maximum atomic E-state index is 12.5. The van der Waals surface area contributed by atoms with E-state index in [1.165, 1.54) is 36.4 Å². The van der Waals surface area contributed by atoms with Crippen molar-refractivity contribution in [3.8, 4) is 5.75 Å². The van der Waals surface area contributed by atoms with E-state index < -0.39 is 36.1 Å². The molecule has 0 aliphatic carbocycles. The Morgan fingerprint density at radius 2 is 1.62 bits per heavy atom. The summed E-state index contributed by atoms with van der Waals surface area (Å²) in [4.78, 5) is 47.8. The molecule has 9 nitrogen and oxygen atoms in total. The molecule has 2 aromatic rings. The van der Waals surface area contributed by atoms with E-state index in [1.807, 2.05) is 0 Å². The van der Waals surface area contributed by atoms with Crippen LogP contribution in [-0.2, 0) is 14.3 Å². The molecule has 0 fully saturated rings. The van der Waals surface area contributed by atoms with E-state index in [2.05, 4.69) is 42.5 Å². The van der Waals surface area contributed by atoms with Gasteiger partial charge in [0.05, 0.1) is 27.7 Å². The van der Waals surface area contributed by atoms with E-state index in [0.717, 1.165) is 0 Å². The van der Waals surface area contributed by atoms with Gasteiger partial charge in [0.15, 0.2) is 5.78 Å². The number of halogens is 2. The highest BCUT2D eigenvalue weighted by molar-refractivity contribution is 9.11. The van der Waals surface area contributed by atoms with Crippen LogP contribution in [0.3, 0.4) is 0 Å². The Bertz CT molecular complexity index is 1000. The summed E-state index contributed by atoms with van der Waals surface area (Å²) in [5.41, 5.74) is 0.937. The average molecular weight is 572 g/mol. The zero-order valence-corrected chi connectivity index (χ0v) is 20.0. The van der Waals surface area contributed by atoms with Gasteiger partial charge in [-0.25, -0.2) is 4.79 Å². The summed E-state index contributed by atoms with van der Waals surface area (Å²) in [6.45, 7) is 1.59. The van der Waals surface area contributed by atoms with E-state index in [0.29, 0.717) is 11.3 Å². The maximum absolute atomic E-state index is 12.5. The number of ketones is 1.